The maximum absolute atomic E-state index is 13.8. The second-order valence-electron chi connectivity index (χ2n) is 9.88. The number of rotatable bonds is 4. The highest BCUT2D eigenvalue weighted by molar-refractivity contribution is 7.22. The molecule has 1 aromatic heterocycles. The standard InChI is InChI=1S/C29H25FN2O4S/c1-29(2,3)18-9-5-16(6-10-18)24-23(25(33)17-7-12-20(36-4)13-8-17)26(34)27(35)32(24)28-31-21-14-11-19(30)15-22(21)37-28/h5-15,24,33H,1-4H3/t24-/m1/s1. The number of hydrogen-bond donors (Lipinski definition) is 1. The van der Waals surface area contributed by atoms with Crippen molar-refractivity contribution >= 4 is 44.1 Å². The average Bonchev–Trinajstić information content (AvgIpc) is 3.40. The molecule has 3 aromatic carbocycles. The summed E-state index contributed by atoms with van der Waals surface area (Å²) in [5, 5.41) is 11.6. The van der Waals surface area contributed by atoms with Crippen LogP contribution < -0.4 is 9.64 Å². The number of methoxy groups -OCH3 is 1. The van der Waals surface area contributed by atoms with Gasteiger partial charge in [0.05, 0.1) is 28.9 Å². The molecule has 6 nitrogen and oxygen atoms in total. The maximum atomic E-state index is 13.8. The highest BCUT2D eigenvalue weighted by atomic mass is 32.1. The van der Waals surface area contributed by atoms with Crippen LogP contribution in [0.1, 0.15) is 43.5 Å². The molecule has 0 unspecified atom stereocenters. The molecule has 1 N–H and O–H groups in total. The lowest BCUT2D eigenvalue weighted by molar-refractivity contribution is -0.132. The highest BCUT2D eigenvalue weighted by Gasteiger charge is 2.48. The Bertz CT molecular complexity index is 1550. The Labute approximate surface area is 217 Å². The van der Waals surface area contributed by atoms with Gasteiger partial charge in [0.1, 0.15) is 17.3 Å². The first-order chi connectivity index (χ1) is 17.6. The van der Waals surface area contributed by atoms with Crippen molar-refractivity contribution < 1.29 is 23.8 Å². The third-order valence-corrected chi connectivity index (χ3v) is 7.46. The number of ketones is 1. The second kappa shape index (κ2) is 9.12. The summed E-state index contributed by atoms with van der Waals surface area (Å²) in [6.07, 6.45) is 0. The van der Waals surface area contributed by atoms with Gasteiger partial charge >= 0.3 is 5.91 Å². The number of aliphatic hydroxyl groups is 1. The summed E-state index contributed by atoms with van der Waals surface area (Å²) < 4.78 is 19.6. The molecule has 1 aliphatic rings. The van der Waals surface area contributed by atoms with E-state index in [2.05, 4.69) is 25.8 Å². The van der Waals surface area contributed by atoms with Crippen LogP contribution in [0.4, 0.5) is 9.52 Å². The molecule has 2 heterocycles. The topological polar surface area (TPSA) is 79.7 Å². The minimum Gasteiger partial charge on any atom is -0.507 e. The summed E-state index contributed by atoms with van der Waals surface area (Å²) >= 11 is 1.12. The summed E-state index contributed by atoms with van der Waals surface area (Å²) in [4.78, 5) is 32.6. The summed E-state index contributed by atoms with van der Waals surface area (Å²) in [6, 6.07) is 17.5. The van der Waals surface area contributed by atoms with Gasteiger partial charge in [-0.15, -0.1) is 0 Å². The lowest BCUT2D eigenvalue weighted by Crippen LogP contribution is -2.29. The number of benzene rings is 3. The third-order valence-electron chi connectivity index (χ3n) is 6.45. The van der Waals surface area contributed by atoms with E-state index in [0.29, 0.717) is 27.1 Å². The van der Waals surface area contributed by atoms with E-state index in [1.165, 1.54) is 30.2 Å². The molecular formula is C29H25FN2O4S. The van der Waals surface area contributed by atoms with Crippen LogP contribution in [0.2, 0.25) is 0 Å². The quantitative estimate of drug-likeness (QED) is 0.194. The fourth-order valence-electron chi connectivity index (χ4n) is 4.40. The van der Waals surface area contributed by atoms with Crippen molar-refractivity contribution in [3.8, 4) is 5.75 Å². The van der Waals surface area contributed by atoms with Crippen molar-refractivity contribution in [2.24, 2.45) is 0 Å². The van der Waals surface area contributed by atoms with Crippen LogP contribution in [0, 0.1) is 5.82 Å². The Morgan fingerprint density at radius 2 is 1.70 bits per heavy atom. The predicted molar refractivity (Wildman–Crippen MR) is 142 cm³/mol. The molecule has 0 radical (unpaired) electrons. The Hall–Kier alpha value is -4.04. The first-order valence-electron chi connectivity index (χ1n) is 11.7. The van der Waals surface area contributed by atoms with E-state index in [-0.39, 0.29) is 21.9 Å². The molecule has 0 aliphatic carbocycles. The number of thiazole rings is 1. The Morgan fingerprint density at radius 3 is 2.32 bits per heavy atom. The summed E-state index contributed by atoms with van der Waals surface area (Å²) in [5.41, 5.74) is 2.48. The van der Waals surface area contributed by atoms with E-state index in [0.717, 1.165) is 16.9 Å². The van der Waals surface area contributed by atoms with Gasteiger partial charge in [-0.25, -0.2) is 9.37 Å². The predicted octanol–water partition coefficient (Wildman–Crippen LogP) is 6.37. The van der Waals surface area contributed by atoms with Crippen LogP contribution in [-0.4, -0.2) is 28.9 Å². The number of aromatic nitrogens is 1. The number of aliphatic hydroxyl groups excluding tert-OH is 1. The third kappa shape index (κ3) is 4.38. The van der Waals surface area contributed by atoms with Gasteiger partial charge < -0.3 is 9.84 Å². The van der Waals surface area contributed by atoms with Crippen LogP contribution in [0.5, 0.6) is 5.75 Å². The van der Waals surface area contributed by atoms with Gasteiger partial charge in [0, 0.05) is 5.56 Å². The summed E-state index contributed by atoms with van der Waals surface area (Å²) in [6.45, 7) is 6.29. The van der Waals surface area contributed by atoms with Crippen LogP contribution in [0.25, 0.3) is 16.0 Å². The minimum atomic E-state index is -0.915. The number of carbonyl (C=O) groups is 2. The van der Waals surface area contributed by atoms with Gasteiger partial charge in [0.15, 0.2) is 5.13 Å². The van der Waals surface area contributed by atoms with Gasteiger partial charge in [-0.3, -0.25) is 14.5 Å². The molecule has 1 amide bonds. The van der Waals surface area contributed by atoms with Crippen LogP contribution in [0.3, 0.4) is 0 Å². The average molecular weight is 517 g/mol. The Morgan fingerprint density at radius 1 is 1.03 bits per heavy atom. The number of Topliss-reactive ketones (excluding diaryl/α,β-unsaturated/α-hetero) is 1. The van der Waals surface area contributed by atoms with Gasteiger partial charge in [0.2, 0.25) is 0 Å². The second-order valence-corrected chi connectivity index (χ2v) is 10.9. The van der Waals surface area contributed by atoms with Crippen molar-refractivity contribution in [1.82, 2.24) is 4.98 Å². The number of amides is 1. The molecular weight excluding hydrogens is 491 g/mol. The molecule has 37 heavy (non-hydrogen) atoms. The number of ether oxygens (including phenoxy) is 1. The van der Waals surface area contributed by atoms with Crippen molar-refractivity contribution in [1.29, 1.82) is 0 Å². The molecule has 1 fully saturated rings. The highest BCUT2D eigenvalue weighted by Crippen LogP contribution is 2.44. The zero-order chi connectivity index (χ0) is 26.5. The first kappa shape index (κ1) is 24.6. The molecule has 5 rings (SSSR count). The normalized spacial score (nSPS) is 17.5. The molecule has 0 spiro atoms. The fourth-order valence-corrected chi connectivity index (χ4v) is 5.42. The zero-order valence-electron chi connectivity index (χ0n) is 20.8. The number of anilines is 1. The van der Waals surface area contributed by atoms with Gasteiger partial charge in [-0.1, -0.05) is 56.4 Å². The van der Waals surface area contributed by atoms with E-state index in [1.807, 2.05) is 24.3 Å². The summed E-state index contributed by atoms with van der Waals surface area (Å²) in [5.74, 6) is -1.74. The summed E-state index contributed by atoms with van der Waals surface area (Å²) in [7, 11) is 1.53. The van der Waals surface area contributed by atoms with Crippen molar-refractivity contribution in [3.05, 3.63) is 94.8 Å². The first-order valence-corrected chi connectivity index (χ1v) is 12.5. The number of hydrogen-bond acceptors (Lipinski definition) is 6. The number of carbonyl (C=O) groups excluding carboxylic acids is 2. The Kier molecular flexibility index (Phi) is 6.07. The molecule has 0 bridgehead atoms. The van der Waals surface area contributed by atoms with Crippen LogP contribution in [-0.2, 0) is 15.0 Å². The van der Waals surface area contributed by atoms with E-state index in [1.54, 1.807) is 24.3 Å². The number of fused-ring (bicyclic) bond motifs is 1. The van der Waals surface area contributed by atoms with Crippen LogP contribution in [0.15, 0.2) is 72.3 Å². The number of nitrogens with zero attached hydrogens (tertiary/aromatic N) is 2. The Balaban J connectivity index is 1.70. The molecule has 1 aliphatic heterocycles. The lowest BCUT2D eigenvalue weighted by atomic mass is 9.85. The SMILES string of the molecule is COc1ccc(C(O)=C2C(=O)C(=O)N(c3nc4ccc(F)cc4s3)[C@@H]2c2ccc(C(C)(C)C)cc2)cc1. The maximum Gasteiger partial charge on any atom is 0.301 e. The van der Waals surface area contributed by atoms with E-state index in [9.17, 15) is 19.1 Å². The van der Waals surface area contributed by atoms with E-state index >= 15 is 0 Å². The molecule has 8 heteroatoms. The molecule has 4 aromatic rings. The van der Waals surface area contributed by atoms with Gasteiger partial charge in [-0.05, 0) is 59.0 Å². The van der Waals surface area contributed by atoms with Crippen molar-refractivity contribution in [3.63, 3.8) is 0 Å². The smallest absolute Gasteiger partial charge is 0.301 e. The van der Waals surface area contributed by atoms with E-state index in [4.69, 9.17) is 4.74 Å². The van der Waals surface area contributed by atoms with Crippen LogP contribution >= 0.6 is 11.3 Å². The molecule has 0 saturated carbocycles. The molecule has 1 saturated heterocycles. The number of halogens is 1. The molecule has 1 atom stereocenters. The lowest BCUT2D eigenvalue weighted by Gasteiger charge is -2.24. The molecule has 188 valence electrons. The zero-order valence-corrected chi connectivity index (χ0v) is 21.6. The fraction of sp³-hybridized carbons (Fsp3) is 0.207. The van der Waals surface area contributed by atoms with Crippen molar-refractivity contribution in [2.75, 3.05) is 12.0 Å². The minimum absolute atomic E-state index is 0.0379. The van der Waals surface area contributed by atoms with E-state index < -0.39 is 23.5 Å². The van der Waals surface area contributed by atoms with Gasteiger partial charge in [-0.2, -0.15) is 0 Å². The largest absolute Gasteiger partial charge is 0.507 e. The monoisotopic (exact) mass is 516 g/mol. The van der Waals surface area contributed by atoms with Crippen molar-refractivity contribution in [2.45, 2.75) is 32.2 Å². The van der Waals surface area contributed by atoms with Gasteiger partial charge in [0.25, 0.3) is 5.78 Å².